The van der Waals surface area contributed by atoms with Crippen molar-refractivity contribution < 1.29 is 4.74 Å². The fourth-order valence-corrected chi connectivity index (χ4v) is 1.36. The molecule has 1 aromatic rings. The maximum atomic E-state index is 5.57. The molecule has 15 heavy (non-hydrogen) atoms. The lowest BCUT2D eigenvalue weighted by atomic mass is 10.2. The lowest BCUT2D eigenvalue weighted by Crippen LogP contribution is -2.21. The quantitative estimate of drug-likeness (QED) is 0.710. The molecule has 4 nitrogen and oxygen atoms in total. The van der Waals surface area contributed by atoms with E-state index in [0.717, 1.165) is 31.0 Å². The molecule has 0 atom stereocenters. The molecule has 0 fully saturated rings. The molecule has 0 saturated heterocycles. The number of nitrogens with two attached hydrogens (primary N) is 1. The van der Waals surface area contributed by atoms with Crippen molar-refractivity contribution in [3.8, 4) is 0 Å². The maximum Gasteiger partial charge on any atom is 0.128 e. The highest BCUT2D eigenvalue weighted by molar-refractivity contribution is 5.39. The number of ether oxygens (including phenoxy) is 1. The van der Waals surface area contributed by atoms with Crippen molar-refractivity contribution >= 4 is 5.82 Å². The second kappa shape index (κ2) is 6.37. The third-order valence-electron chi connectivity index (χ3n) is 2.28. The molecular weight excluding hydrogens is 190 g/mol. The number of anilines is 1. The second-order valence-corrected chi connectivity index (χ2v) is 3.49. The number of nitrogens with zero attached hydrogens (tertiary/aromatic N) is 2. The first-order chi connectivity index (χ1) is 7.27. The first-order valence-electron chi connectivity index (χ1n) is 5.13. The Labute approximate surface area is 91.1 Å². The van der Waals surface area contributed by atoms with Crippen LogP contribution in [0.15, 0.2) is 18.3 Å². The van der Waals surface area contributed by atoms with Crippen LogP contribution in [0.25, 0.3) is 0 Å². The van der Waals surface area contributed by atoms with Gasteiger partial charge in [-0.3, -0.25) is 0 Å². The Kier molecular flexibility index (Phi) is 5.07. The standard InChI is InChI=1S/C11H19N3O/c1-14(6-3-7-15-2)11-8-10(9-12)4-5-13-11/h4-5,8H,3,6-7,9,12H2,1-2H3. The summed E-state index contributed by atoms with van der Waals surface area (Å²) in [7, 11) is 3.74. The Morgan fingerprint density at radius 2 is 2.33 bits per heavy atom. The summed E-state index contributed by atoms with van der Waals surface area (Å²) in [6.45, 7) is 2.28. The van der Waals surface area contributed by atoms with E-state index in [0.29, 0.717) is 6.54 Å². The fourth-order valence-electron chi connectivity index (χ4n) is 1.36. The number of hydrogen-bond donors (Lipinski definition) is 1. The summed E-state index contributed by atoms with van der Waals surface area (Å²) >= 11 is 0. The Morgan fingerprint density at radius 3 is 3.00 bits per heavy atom. The molecule has 0 aromatic carbocycles. The maximum absolute atomic E-state index is 5.57. The SMILES string of the molecule is COCCCN(C)c1cc(CN)ccn1. The summed E-state index contributed by atoms with van der Waals surface area (Å²) in [5, 5.41) is 0. The minimum absolute atomic E-state index is 0.557. The predicted molar refractivity (Wildman–Crippen MR) is 61.9 cm³/mol. The van der Waals surface area contributed by atoms with Crippen LogP contribution in [0, 0.1) is 0 Å². The Hall–Kier alpha value is -1.13. The number of hydrogen-bond acceptors (Lipinski definition) is 4. The molecule has 2 N–H and O–H groups in total. The van der Waals surface area contributed by atoms with Crippen LogP contribution in [0.2, 0.25) is 0 Å². The van der Waals surface area contributed by atoms with Crippen LogP contribution in [0.5, 0.6) is 0 Å². The molecule has 1 aromatic heterocycles. The molecule has 0 unspecified atom stereocenters. The van der Waals surface area contributed by atoms with Crippen molar-refractivity contribution in [1.82, 2.24) is 4.98 Å². The normalized spacial score (nSPS) is 10.3. The van der Waals surface area contributed by atoms with Gasteiger partial charge in [0.15, 0.2) is 0 Å². The Bertz CT molecular complexity index is 291. The molecule has 0 radical (unpaired) electrons. The van der Waals surface area contributed by atoms with Crippen molar-refractivity contribution in [3.63, 3.8) is 0 Å². The van der Waals surface area contributed by atoms with Gasteiger partial charge in [-0.25, -0.2) is 4.98 Å². The van der Waals surface area contributed by atoms with Gasteiger partial charge < -0.3 is 15.4 Å². The molecule has 0 saturated carbocycles. The van der Waals surface area contributed by atoms with Crippen LogP contribution in [-0.2, 0) is 11.3 Å². The monoisotopic (exact) mass is 209 g/mol. The molecule has 0 amide bonds. The van der Waals surface area contributed by atoms with Gasteiger partial charge in [-0.15, -0.1) is 0 Å². The number of pyridine rings is 1. The van der Waals surface area contributed by atoms with E-state index in [-0.39, 0.29) is 0 Å². The zero-order valence-corrected chi connectivity index (χ0v) is 9.44. The van der Waals surface area contributed by atoms with Crippen molar-refractivity contribution in [2.24, 2.45) is 5.73 Å². The van der Waals surface area contributed by atoms with E-state index in [1.54, 1.807) is 13.3 Å². The zero-order chi connectivity index (χ0) is 11.1. The van der Waals surface area contributed by atoms with Gasteiger partial charge in [0.25, 0.3) is 0 Å². The van der Waals surface area contributed by atoms with Crippen LogP contribution in [0.4, 0.5) is 5.82 Å². The molecule has 4 heteroatoms. The third kappa shape index (κ3) is 3.85. The molecule has 1 heterocycles. The first kappa shape index (κ1) is 11.9. The van der Waals surface area contributed by atoms with Crippen LogP contribution in [-0.4, -0.2) is 32.3 Å². The van der Waals surface area contributed by atoms with E-state index in [1.165, 1.54) is 0 Å². The zero-order valence-electron chi connectivity index (χ0n) is 9.44. The van der Waals surface area contributed by atoms with Crippen LogP contribution in [0.1, 0.15) is 12.0 Å². The van der Waals surface area contributed by atoms with Gasteiger partial charge in [0.1, 0.15) is 5.82 Å². The summed E-state index contributed by atoms with van der Waals surface area (Å²) in [4.78, 5) is 6.40. The van der Waals surface area contributed by atoms with Crippen molar-refractivity contribution in [2.75, 3.05) is 32.2 Å². The highest BCUT2D eigenvalue weighted by Gasteiger charge is 2.02. The minimum Gasteiger partial charge on any atom is -0.385 e. The molecule has 0 aliphatic heterocycles. The first-order valence-corrected chi connectivity index (χ1v) is 5.13. The van der Waals surface area contributed by atoms with E-state index < -0.39 is 0 Å². The molecular formula is C11H19N3O. The average molecular weight is 209 g/mol. The van der Waals surface area contributed by atoms with E-state index >= 15 is 0 Å². The molecule has 0 aliphatic rings. The van der Waals surface area contributed by atoms with E-state index in [1.807, 2.05) is 19.2 Å². The van der Waals surface area contributed by atoms with Crippen molar-refractivity contribution in [2.45, 2.75) is 13.0 Å². The second-order valence-electron chi connectivity index (χ2n) is 3.49. The number of methoxy groups -OCH3 is 1. The fraction of sp³-hybridized carbons (Fsp3) is 0.545. The van der Waals surface area contributed by atoms with E-state index in [2.05, 4.69) is 9.88 Å². The van der Waals surface area contributed by atoms with Crippen molar-refractivity contribution in [3.05, 3.63) is 23.9 Å². The summed E-state index contributed by atoms with van der Waals surface area (Å²) in [6.07, 6.45) is 2.80. The highest BCUT2D eigenvalue weighted by atomic mass is 16.5. The van der Waals surface area contributed by atoms with E-state index in [4.69, 9.17) is 10.5 Å². The Balaban J connectivity index is 2.52. The van der Waals surface area contributed by atoms with Crippen LogP contribution < -0.4 is 10.6 Å². The van der Waals surface area contributed by atoms with E-state index in [9.17, 15) is 0 Å². The number of aromatic nitrogens is 1. The summed E-state index contributed by atoms with van der Waals surface area (Å²) in [6, 6.07) is 3.96. The third-order valence-corrected chi connectivity index (χ3v) is 2.28. The largest absolute Gasteiger partial charge is 0.385 e. The van der Waals surface area contributed by atoms with Gasteiger partial charge >= 0.3 is 0 Å². The summed E-state index contributed by atoms with van der Waals surface area (Å²) < 4.78 is 5.01. The predicted octanol–water partition coefficient (Wildman–Crippen LogP) is 1.01. The van der Waals surface area contributed by atoms with Gasteiger partial charge in [0.05, 0.1) is 0 Å². The molecule has 0 aliphatic carbocycles. The Morgan fingerprint density at radius 1 is 1.53 bits per heavy atom. The molecule has 0 spiro atoms. The minimum atomic E-state index is 0.557. The number of rotatable bonds is 6. The summed E-state index contributed by atoms with van der Waals surface area (Å²) in [5.74, 6) is 0.967. The molecule has 0 bridgehead atoms. The van der Waals surface area contributed by atoms with Crippen LogP contribution >= 0.6 is 0 Å². The van der Waals surface area contributed by atoms with Gasteiger partial charge in [-0.2, -0.15) is 0 Å². The lowest BCUT2D eigenvalue weighted by molar-refractivity contribution is 0.196. The summed E-state index contributed by atoms with van der Waals surface area (Å²) in [5.41, 5.74) is 6.68. The van der Waals surface area contributed by atoms with Gasteiger partial charge in [0, 0.05) is 40.1 Å². The van der Waals surface area contributed by atoms with Gasteiger partial charge in [0.2, 0.25) is 0 Å². The smallest absolute Gasteiger partial charge is 0.128 e. The lowest BCUT2D eigenvalue weighted by Gasteiger charge is -2.18. The average Bonchev–Trinajstić information content (AvgIpc) is 2.29. The topological polar surface area (TPSA) is 51.4 Å². The molecule has 84 valence electrons. The van der Waals surface area contributed by atoms with Crippen LogP contribution in [0.3, 0.4) is 0 Å². The van der Waals surface area contributed by atoms with Gasteiger partial charge in [-0.1, -0.05) is 0 Å². The molecule has 1 rings (SSSR count). The van der Waals surface area contributed by atoms with Gasteiger partial charge in [-0.05, 0) is 24.1 Å². The highest BCUT2D eigenvalue weighted by Crippen LogP contribution is 2.10. The van der Waals surface area contributed by atoms with Crippen molar-refractivity contribution in [1.29, 1.82) is 0 Å².